The lowest BCUT2D eigenvalue weighted by Crippen LogP contribution is -2.50. The Morgan fingerprint density at radius 3 is 2.79 bits per heavy atom. The molecular weight excluding hydrogens is 476 g/mol. The molecule has 1 aliphatic rings. The second-order valence-corrected chi connectivity index (χ2v) is 8.87. The predicted octanol–water partition coefficient (Wildman–Crippen LogP) is 2.03. The lowest BCUT2D eigenvalue weighted by Gasteiger charge is -2.36. The van der Waals surface area contributed by atoms with E-state index >= 15 is 0 Å². The number of hydrogen-bond donors (Lipinski definition) is 2. The van der Waals surface area contributed by atoms with Gasteiger partial charge in [-0.1, -0.05) is 10.6 Å². The van der Waals surface area contributed by atoms with Gasteiger partial charge in [-0.3, -0.25) is 4.79 Å². The number of aromatic nitrogens is 5. The van der Waals surface area contributed by atoms with Crippen molar-refractivity contribution in [1.29, 1.82) is 0 Å². The average molecular weight is 497 g/mol. The van der Waals surface area contributed by atoms with Crippen LogP contribution in [0.4, 0.5) is 11.6 Å². The number of anilines is 2. The number of carboxylic acid groups (broad SMARTS) is 1. The minimum absolute atomic E-state index is 0.195. The summed E-state index contributed by atoms with van der Waals surface area (Å²) >= 11 is 6.97. The highest BCUT2D eigenvalue weighted by Gasteiger charge is 2.23. The fraction of sp³-hybridized carbons (Fsp3) is 0.286. The zero-order valence-corrected chi connectivity index (χ0v) is 19.8. The molecule has 0 amide bonds. The summed E-state index contributed by atoms with van der Waals surface area (Å²) in [6.45, 7) is 4.95. The Hall–Kier alpha value is -3.71. The molecule has 3 aromatic heterocycles. The van der Waals surface area contributed by atoms with Gasteiger partial charge in [0.25, 0.3) is 0 Å². The molecule has 1 saturated heterocycles. The number of rotatable bonds is 4. The molecule has 0 aliphatic carbocycles. The fourth-order valence-electron chi connectivity index (χ4n) is 3.92. The second kappa shape index (κ2) is 8.91. The summed E-state index contributed by atoms with van der Waals surface area (Å²) in [5.74, 6) is -0.768. The summed E-state index contributed by atoms with van der Waals surface area (Å²) in [5.41, 5.74) is 1.18. The number of nitrogens with zero attached hydrogens (tertiary/aromatic N) is 7. The number of nitrogens with one attached hydrogen (secondary N) is 1. The first-order chi connectivity index (χ1) is 16.5. The topological polar surface area (TPSA) is 129 Å². The van der Waals surface area contributed by atoms with Crippen LogP contribution >= 0.6 is 23.8 Å². The number of pyridine rings is 1. The van der Waals surface area contributed by atoms with Crippen LogP contribution in [0.2, 0.25) is 0 Å². The number of piperazine rings is 1. The molecule has 0 spiro atoms. The molecule has 4 heterocycles. The summed E-state index contributed by atoms with van der Waals surface area (Å²) in [4.78, 5) is 37.0. The van der Waals surface area contributed by atoms with Crippen molar-refractivity contribution >= 4 is 67.7 Å². The van der Waals surface area contributed by atoms with Crippen LogP contribution in [-0.2, 0) is 6.54 Å². The van der Waals surface area contributed by atoms with Crippen molar-refractivity contribution < 1.29 is 9.90 Å². The quantitative estimate of drug-likeness (QED) is 0.403. The maximum atomic E-state index is 12.5. The van der Waals surface area contributed by atoms with E-state index in [1.165, 1.54) is 23.9 Å². The fourth-order valence-corrected chi connectivity index (χ4v) is 4.80. The normalized spacial score (nSPS) is 14.0. The van der Waals surface area contributed by atoms with Gasteiger partial charge in [-0.2, -0.15) is 4.98 Å². The first-order valence-electron chi connectivity index (χ1n) is 10.6. The average Bonchev–Trinajstić information content (AvgIpc) is 3.34. The summed E-state index contributed by atoms with van der Waals surface area (Å²) < 4.78 is 6.66. The molecule has 174 valence electrons. The van der Waals surface area contributed by atoms with Crippen LogP contribution in [-0.4, -0.2) is 71.4 Å². The van der Waals surface area contributed by atoms with Crippen LogP contribution in [0.15, 0.2) is 35.4 Å². The molecule has 0 unspecified atom stereocenters. The molecule has 1 aliphatic heterocycles. The first kappa shape index (κ1) is 22.1. The van der Waals surface area contributed by atoms with Gasteiger partial charge in [0.15, 0.2) is 5.11 Å². The molecule has 1 aromatic carbocycles. The first-order valence-corrected chi connectivity index (χ1v) is 11.8. The predicted molar refractivity (Wildman–Crippen MR) is 134 cm³/mol. The zero-order chi connectivity index (χ0) is 23.8. The van der Waals surface area contributed by atoms with Crippen molar-refractivity contribution in [1.82, 2.24) is 29.0 Å². The van der Waals surface area contributed by atoms with Gasteiger partial charge in [-0.05, 0) is 42.8 Å². The third kappa shape index (κ3) is 3.92. The van der Waals surface area contributed by atoms with E-state index in [0.717, 1.165) is 15.9 Å². The lowest BCUT2D eigenvalue weighted by atomic mass is 10.2. The summed E-state index contributed by atoms with van der Waals surface area (Å²) in [6, 6.07) is 5.84. The van der Waals surface area contributed by atoms with Gasteiger partial charge in [0.05, 0.1) is 15.8 Å². The van der Waals surface area contributed by atoms with E-state index < -0.39 is 11.4 Å². The number of fused-ring (bicyclic) bond motifs is 2. The maximum Gasteiger partial charge on any atom is 0.341 e. The maximum absolute atomic E-state index is 12.5. The number of benzene rings is 1. The summed E-state index contributed by atoms with van der Waals surface area (Å²) in [5, 5.41) is 17.6. The highest BCUT2D eigenvalue weighted by Crippen LogP contribution is 2.24. The van der Waals surface area contributed by atoms with E-state index in [0.29, 0.717) is 49.4 Å². The molecule has 4 aromatic rings. The molecule has 1 fully saturated rings. The molecule has 0 radical (unpaired) electrons. The number of aryl methyl sites for hydroxylation is 1. The zero-order valence-electron chi connectivity index (χ0n) is 18.1. The second-order valence-electron chi connectivity index (χ2n) is 7.70. The summed E-state index contributed by atoms with van der Waals surface area (Å²) in [6.07, 6.45) is 2.75. The molecule has 0 saturated carbocycles. The van der Waals surface area contributed by atoms with E-state index in [1.807, 2.05) is 30.0 Å². The molecule has 34 heavy (non-hydrogen) atoms. The van der Waals surface area contributed by atoms with Gasteiger partial charge in [-0.15, -0.1) is 5.10 Å². The monoisotopic (exact) mass is 496 g/mol. The SMILES string of the molecule is CCn1cc(C(=O)O)c(=O)c2cnc(N3CCN(C(=S)Nc4cccc5snnc45)CC3)nc21. The Morgan fingerprint density at radius 1 is 1.26 bits per heavy atom. The van der Waals surface area contributed by atoms with E-state index in [9.17, 15) is 14.7 Å². The van der Waals surface area contributed by atoms with Gasteiger partial charge < -0.3 is 24.8 Å². The van der Waals surface area contributed by atoms with Gasteiger partial charge in [0.1, 0.15) is 16.7 Å². The highest BCUT2D eigenvalue weighted by molar-refractivity contribution is 7.80. The van der Waals surface area contributed by atoms with E-state index in [4.69, 9.17) is 12.2 Å². The standard InChI is InChI=1S/C21H20N8O3S2/c1-2-27-11-13(19(31)32)17(30)12-10-22-20(24-18(12)27)28-6-8-29(9-7-28)21(33)23-14-4-3-5-15-16(14)25-26-34-15/h3-5,10-11H,2,6-9H2,1H3,(H,23,33)(H,31,32). The molecule has 5 rings (SSSR count). The molecule has 0 bridgehead atoms. The largest absolute Gasteiger partial charge is 0.477 e. The van der Waals surface area contributed by atoms with E-state index in [1.54, 1.807) is 4.57 Å². The Morgan fingerprint density at radius 2 is 2.06 bits per heavy atom. The van der Waals surface area contributed by atoms with Crippen LogP contribution in [0.25, 0.3) is 21.3 Å². The number of hydrogen-bond acceptors (Lipinski definition) is 9. The molecule has 11 nitrogen and oxygen atoms in total. The van der Waals surface area contributed by atoms with Gasteiger partial charge >= 0.3 is 5.97 Å². The van der Waals surface area contributed by atoms with Gasteiger partial charge in [0.2, 0.25) is 11.4 Å². The van der Waals surface area contributed by atoms with E-state index in [2.05, 4.69) is 29.8 Å². The number of carbonyl (C=O) groups is 1. The molecule has 13 heteroatoms. The number of aromatic carboxylic acids is 1. The van der Waals surface area contributed by atoms with Gasteiger partial charge in [0, 0.05) is 45.1 Å². The third-order valence-corrected chi connectivity index (χ3v) is 6.79. The highest BCUT2D eigenvalue weighted by atomic mass is 32.1. The number of thiocarbonyl (C=S) groups is 1. The lowest BCUT2D eigenvalue weighted by molar-refractivity contribution is 0.0695. The molecule has 2 N–H and O–H groups in total. The van der Waals surface area contributed by atoms with E-state index in [-0.39, 0.29) is 10.9 Å². The van der Waals surface area contributed by atoms with Gasteiger partial charge in [-0.25, -0.2) is 9.78 Å². The van der Waals surface area contributed by atoms with Crippen molar-refractivity contribution in [2.45, 2.75) is 13.5 Å². The summed E-state index contributed by atoms with van der Waals surface area (Å²) in [7, 11) is 0. The number of carboxylic acids is 1. The Bertz CT molecular complexity index is 1480. The van der Waals surface area contributed by atoms with Crippen molar-refractivity contribution in [2.24, 2.45) is 0 Å². The van der Waals surface area contributed by atoms with Crippen molar-refractivity contribution in [3.8, 4) is 0 Å². The minimum atomic E-state index is -1.26. The molecule has 0 atom stereocenters. The van der Waals surface area contributed by atoms with Crippen LogP contribution in [0.5, 0.6) is 0 Å². The van der Waals surface area contributed by atoms with Crippen molar-refractivity contribution in [3.05, 3.63) is 46.4 Å². The van der Waals surface area contributed by atoms with Crippen molar-refractivity contribution in [2.75, 3.05) is 36.4 Å². The van der Waals surface area contributed by atoms with Crippen molar-refractivity contribution in [3.63, 3.8) is 0 Å². The van der Waals surface area contributed by atoms with Crippen LogP contribution in [0.3, 0.4) is 0 Å². The third-order valence-electron chi connectivity index (χ3n) is 5.74. The van der Waals surface area contributed by atoms with Crippen LogP contribution in [0, 0.1) is 0 Å². The van der Waals surface area contributed by atoms with Crippen LogP contribution in [0.1, 0.15) is 17.3 Å². The van der Waals surface area contributed by atoms with Crippen LogP contribution < -0.4 is 15.6 Å². The smallest absolute Gasteiger partial charge is 0.341 e. The molecular formula is C21H20N8O3S2. The Kier molecular flexibility index (Phi) is 5.79. The minimum Gasteiger partial charge on any atom is -0.477 e. The Labute approximate surface area is 202 Å². The Balaban J connectivity index is 1.32.